The lowest BCUT2D eigenvalue weighted by Crippen LogP contribution is -2.50. The van der Waals surface area contributed by atoms with Gasteiger partial charge in [0.2, 0.25) is 5.91 Å². The Balaban J connectivity index is 0.00000200. The number of nitrogens with zero attached hydrogens (tertiary/aromatic N) is 1. The van der Waals surface area contributed by atoms with E-state index in [1.807, 2.05) is 18.7 Å². The van der Waals surface area contributed by atoms with E-state index in [2.05, 4.69) is 0 Å². The predicted octanol–water partition coefficient (Wildman–Crippen LogP) is 2.34. The molecule has 1 aliphatic heterocycles. The molecule has 1 amide bonds. The minimum atomic E-state index is 0. The number of halogens is 1. The summed E-state index contributed by atoms with van der Waals surface area (Å²) in [4.78, 5) is 14.5. The molecule has 4 nitrogen and oxygen atoms in total. The Labute approximate surface area is 128 Å². The monoisotopic (exact) mass is 304 g/mol. The summed E-state index contributed by atoms with van der Waals surface area (Å²) in [5.41, 5.74) is 6.04. The highest BCUT2D eigenvalue weighted by Crippen LogP contribution is 2.38. The van der Waals surface area contributed by atoms with Crippen LogP contribution in [-0.2, 0) is 9.53 Å². The molecule has 2 N–H and O–H groups in total. The Morgan fingerprint density at radius 2 is 1.75 bits per heavy atom. The Kier molecular flexibility index (Phi) is 6.76. The molecule has 2 unspecified atom stereocenters. The number of morpholine rings is 1. The van der Waals surface area contributed by atoms with Gasteiger partial charge in [0.25, 0.3) is 0 Å². The number of amides is 1. The summed E-state index contributed by atoms with van der Waals surface area (Å²) >= 11 is 0. The normalized spacial score (nSPS) is 29.6. The summed E-state index contributed by atoms with van der Waals surface area (Å²) in [6, 6.07) is 0. The molecule has 0 bridgehead atoms. The number of carbonyl (C=O) groups excluding carboxylic acids is 1. The van der Waals surface area contributed by atoms with Gasteiger partial charge in [0.15, 0.2) is 0 Å². The Morgan fingerprint density at radius 3 is 2.25 bits per heavy atom. The van der Waals surface area contributed by atoms with E-state index in [0.29, 0.717) is 13.0 Å². The summed E-state index contributed by atoms with van der Waals surface area (Å²) in [6.45, 7) is 6.17. The van der Waals surface area contributed by atoms with E-state index in [-0.39, 0.29) is 35.9 Å². The molecule has 1 saturated heterocycles. The van der Waals surface area contributed by atoms with Gasteiger partial charge < -0.3 is 15.4 Å². The van der Waals surface area contributed by atoms with Crippen LogP contribution in [-0.4, -0.2) is 42.6 Å². The maximum atomic E-state index is 12.5. The van der Waals surface area contributed by atoms with E-state index in [1.165, 1.54) is 19.3 Å². The quantitative estimate of drug-likeness (QED) is 0.871. The lowest BCUT2D eigenvalue weighted by Gasteiger charge is -2.40. The summed E-state index contributed by atoms with van der Waals surface area (Å²) in [5, 5.41) is 0. The van der Waals surface area contributed by atoms with Crippen molar-refractivity contribution in [2.45, 2.75) is 64.6 Å². The molecule has 2 aliphatic rings. The molecule has 20 heavy (non-hydrogen) atoms. The molecule has 1 heterocycles. The first-order chi connectivity index (χ1) is 9.04. The Hall–Kier alpha value is -0.320. The average molecular weight is 305 g/mol. The lowest BCUT2D eigenvalue weighted by atomic mass is 9.71. The van der Waals surface area contributed by atoms with Crippen molar-refractivity contribution >= 4 is 18.3 Å². The van der Waals surface area contributed by atoms with Crippen molar-refractivity contribution in [3.63, 3.8) is 0 Å². The van der Waals surface area contributed by atoms with Gasteiger partial charge in [-0.25, -0.2) is 0 Å². The molecular formula is C15H29ClN2O2. The zero-order valence-corrected chi connectivity index (χ0v) is 13.6. The van der Waals surface area contributed by atoms with E-state index in [4.69, 9.17) is 10.5 Å². The van der Waals surface area contributed by atoms with Crippen molar-refractivity contribution in [1.82, 2.24) is 4.90 Å². The van der Waals surface area contributed by atoms with Crippen LogP contribution in [0.5, 0.6) is 0 Å². The van der Waals surface area contributed by atoms with Gasteiger partial charge in [-0.2, -0.15) is 0 Å². The number of nitrogens with two attached hydrogens (primary N) is 1. The molecule has 2 fully saturated rings. The van der Waals surface area contributed by atoms with Gasteiger partial charge in [-0.05, 0) is 38.6 Å². The Bertz CT molecular complexity index is 309. The number of rotatable bonds is 3. The Morgan fingerprint density at radius 1 is 1.20 bits per heavy atom. The van der Waals surface area contributed by atoms with Gasteiger partial charge in [-0.3, -0.25) is 4.79 Å². The van der Waals surface area contributed by atoms with E-state index in [1.54, 1.807) is 0 Å². The molecule has 2 atom stereocenters. The molecule has 5 heteroatoms. The van der Waals surface area contributed by atoms with Crippen molar-refractivity contribution in [1.29, 1.82) is 0 Å². The van der Waals surface area contributed by atoms with Gasteiger partial charge in [-0.1, -0.05) is 19.3 Å². The van der Waals surface area contributed by atoms with Gasteiger partial charge in [0.05, 0.1) is 12.2 Å². The van der Waals surface area contributed by atoms with Crippen molar-refractivity contribution in [2.75, 3.05) is 19.6 Å². The van der Waals surface area contributed by atoms with Gasteiger partial charge in [-0.15, -0.1) is 12.4 Å². The average Bonchev–Trinajstić information content (AvgIpc) is 2.38. The van der Waals surface area contributed by atoms with E-state index in [0.717, 1.165) is 25.9 Å². The summed E-state index contributed by atoms with van der Waals surface area (Å²) < 4.78 is 5.69. The van der Waals surface area contributed by atoms with E-state index in [9.17, 15) is 4.79 Å². The van der Waals surface area contributed by atoms with Crippen LogP contribution in [0.25, 0.3) is 0 Å². The van der Waals surface area contributed by atoms with Crippen LogP contribution in [0.2, 0.25) is 0 Å². The highest BCUT2D eigenvalue weighted by Gasteiger charge is 2.36. The van der Waals surface area contributed by atoms with E-state index >= 15 is 0 Å². The van der Waals surface area contributed by atoms with Crippen LogP contribution in [0.3, 0.4) is 0 Å². The highest BCUT2D eigenvalue weighted by atomic mass is 35.5. The van der Waals surface area contributed by atoms with Crippen LogP contribution in [0.1, 0.15) is 52.4 Å². The van der Waals surface area contributed by atoms with Crippen molar-refractivity contribution in [3.05, 3.63) is 0 Å². The standard InChI is InChI=1S/C15H28N2O2.ClH/c1-12-9-17(10-13(2)19-12)14(18)8-15(11-16)6-4-3-5-7-15;/h12-13H,3-11,16H2,1-2H3;1H. The van der Waals surface area contributed by atoms with Crippen LogP contribution >= 0.6 is 12.4 Å². The maximum absolute atomic E-state index is 12.5. The summed E-state index contributed by atoms with van der Waals surface area (Å²) in [7, 11) is 0. The lowest BCUT2D eigenvalue weighted by molar-refractivity contribution is -0.146. The number of ether oxygens (including phenoxy) is 1. The molecule has 0 aromatic rings. The number of hydrogen-bond donors (Lipinski definition) is 1. The molecule has 2 rings (SSSR count). The molecule has 118 valence electrons. The second-order valence-corrected chi connectivity index (χ2v) is 6.50. The topological polar surface area (TPSA) is 55.6 Å². The molecule has 0 aromatic carbocycles. The zero-order chi connectivity index (χ0) is 13.9. The second kappa shape index (κ2) is 7.62. The van der Waals surface area contributed by atoms with Crippen molar-refractivity contribution in [3.8, 4) is 0 Å². The zero-order valence-electron chi connectivity index (χ0n) is 12.8. The largest absolute Gasteiger partial charge is 0.372 e. The molecule has 1 saturated carbocycles. The third-order valence-corrected chi connectivity index (χ3v) is 4.65. The first-order valence-electron chi connectivity index (χ1n) is 7.68. The first kappa shape index (κ1) is 17.7. The molecule has 0 spiro atoms. The SMILES string of the molecule is CC1CN(C(=O)CC2(CN)CCCCC2)CC(C)O1.Cl. The molecule has 1 aliphatic carbocycles. The predicted molar refractivity (Wildman–Crippen MR) is 83.0 cm³/mol. The fourth-order valence-corrected chi connectivity index (χ4v) is 3.57. The van der Waals surface area contributed by atoms with Crippen LogP contribution in [0.4, 0.5) is 0 Å². The minimum absolute atomic E-state index is 0. The summed E-state index contributed by atoms with van der Waals surface area (Å²) in [6.07, 6.45) is 6.89. The molecule has 0 radical (unpaired) electrons. The third kappa shape index (κ3) is 4.34. The molecular weight excluding hydrogens is 276 g/mol. The maximum Gasteiger partial charge on any atom is 0.223 e. The third-order valence-electron chi connectivity index (χ3n) is 4.65. The number of carbonyl (C=O) groups is 1. The highest BCUT2D eigenvalue weighted by molar-refractivity contribution is 5.85. The van der Waals surface area contributed by atoms with Crippen LogP contribution in [0, 0.1) is 5.41 Å². The first-order valence-corrected chi connectivity index (χ1v) is 7.68. The van der Waals surface area contributed by atoms with Crippen LogP contribution in [0.15, 0.2) is 0 Å². The van der Waals surface area contributed by atoms with Crippen molar-refractivity contribution in [2.24, 2.45) is 11.1 Å². The van der Waals surface area contributed by atoms with Gasteiger partial charge >= 0.3 is 0 Å². The minimum Gasteiger partial charge on any atom is -0.372 e. The molecule has 0 aromatic heterocycles. The summed E-state index contributed by atoms with van der Waals surface area (Å²) in [5.74, 6) is 0.273. The fraction of sp³-hybridized carbons (Fsp3) is 0.933. The van der Waals surface area contributed by atoms with Crippen molar-refractivity contribution < 1.29 is 9.53 Å². The van der Waals surface area contributed by atoms with E-state index < -0.39 is 0 Å². The second-order valence-electron chi connectivity index (χ2n) is 6.50. The smallest absolute Gasteiger partial charge is 0.223 e. The fourth-order valence-electron chi connectivity index (χ4n) is 3.57. The van der Waals surface area contributed by atoms with Gasteiger partial charge in [0.1, 0.15) is 0 Å². The van der Waals surface area contributed by atoms with Gasteiger partial charge in [0, 0.05) is 19.5 Å². The number of hydrogen-bond acceptors (Lipinski definition) is 3. The van der Waals surface area contributed by atoms with Crippen LogP contribution < -0.4 is 5.73 Å².